The monoisotopic (exact) mass is 201 g/mol. The van der Waals surface area contributed by atoms with Gasteiger partial charge in [-0.1, -0.05) is 41.5 Å². The second kappa shape index (κ2) is 8.28. The van der Waals surface area contributed by atoms with Gasteiger partial charge in [-0.05, 0) is 44.2 Å². The Bertz CT molecular complexity index is 102. The predicted octanol–water partition coefficient (Wildman–Crippen LogP) is 3.94. The largest absolute Gasteiger partial charge is 0.323 e. The van der Waals surface area contributed by atoms with Crippen LogP contribution in [0.3, 0.4) is 0 Å². The number of rotatable bonds is 4. The van der Waals surface area contributed by atoms with Crippen LogP contribution in [0, 0.1) is 17.3 Å². The molecule has 88 valence electrons. The molecule has 0 saturated carbocycles. The third kappa shape index (κ3) is 4.45. The summed E-state index contributed by atoms with van der Waals surface area (Å²) >= 11 is 0. The maximum absolute atomic E-state index is 2.75. The fourth-order valence-electron chi connectivity index (χ4n) is 2.55. The molecule has 0 aliphatic rings. The van der Waals surface area contributed by atoms with E-state index < -0.39 is 0 Å². The van der Waals surface area contributed by atoms with Crippen molar-refractivity contribution in [1.82, 2.24) is 5.32 Å². The zero-order valence-electron chi connectivity index (χ0n) is 11.6. The van der Waals surface area contributed by atoms with Gasteiger partial charge < -0.3 is 5.32 Å². The minimum Gasteiger partial charge on any atom is -0.323 e. The normalized spacial score (nSPS) is 11.6. The SMILES string of the molecule is CCC(CC)(C(C)C)C(C)C.CNC. The first-order valence-electron chi connectivity index (χ1n) is 6.01. The Labute approximate surface area is 91.7 Å². The summed E-state index contributed by atoms with van der Waals surface area (Å²) in [5.74, 6) is 1.63. The van der Waals surface area contributed by atoms with E-state index in [2.05, 4.69) is 46.9 Å². The predicted molar refractivity (Wildman–Crippen MR) is 67.7 cm³/mol. The van der Waals surface area contributed by atoms with Crippen molar-refractivity contribution in [3.63, 3.8) is 0 Å². The molecule has 0 aromatic rings. The minimum atomic E-state index is 0.583. The van der Waals surface area contributed by atoms with Gasteiger partial charge in [-0.15, -0.1) is 0 Å². The number of hydrogen-bond acceptors (Lipinski definition) is 1. The maximum atomic E-state index is 2.75. The Kier molecular flexibility index (Phi) is 9.70. The van der Waals surface area contributed by atoms with Crippen LogP contribution >= 0.6 is 0 Å². The summed E-state index contributed by atoms with van der Waals surface area (Å²) < 4.78 is 0. The third-order valence-electron chi connectivity index (χ3n) is 3.62. The summed E-state index contributed by atoms with van der Waals surface area (Å²) in [6.07, 6.45) is 2.64. The lowest BCUT2D eigenvalue weighted by atomic mass is 9.65. The molecule has 0 atom stereocenters. The highest BCUT2D eigenvalue weighted by molar-refractivity contribution is 4.82. The van der Waals surface area contributed by atoms with Gasteiger partial charge in [0.1, 0.15) is 0 Å². The fourth-order valence-corrected chi connectivity index (χ4v) is 2.55. The van der Waals surface area contributed by atoms with Crippen molar-refractivity contribution in [3.05, 3.63) is 0 Å². The lowest BCUT2D eigenvalue weighted by molar-refractivity contribution is 0.0991. The van der Waals surface area contributed by atoms with E-state index in [4.69, 9.17) is 0 Å². The fraction of sp³-hybridized carbons (Fsp3) is 1.00. The van der Waals surface area contributed by atoms with Crippen LogP contribution in [-0.2, 0) is 0 Å². The molecule has 0 aliphatic heterocycles. The first-order chi connectivity index (χ1) is 6.42. The van der Waals surface area contributed by atoms with E-state index in [1.165, 1.54) is 12.8 Å². The van der Waals surface area contributed by atoms with Crippen molar-refractivity contribution in [2.24, 2.45) is 17.3 Å². The van der Waals surface area contributed by atoms with E-state index in [1.807, 2.05) is 14.1 Å². The molecule has 0 fully saturated rings. The zero-order chi connectivity index (χ0) is 11.8. The second-order valence-corrected chi connectivity index (χ2v) is 4.75. The molecule has 1 nitrogen and oxygen atoms in total. The molecule has 0 rings (SSSR count). The molecule has 0 heterocycles. The molecule has 0 saturated heterocycles. The van der Waals surface area contributed by atoms with Crippen LogP contribution in [0.4, 0.5) is 0 Å². The van der Waals surface area contributed by atoms with Gasteiger partial charge in [0.15, 0.2) is 0 Å². The van der Waals surface area contributed by atoms with Crippen molar-refractivity contribution in [2.75, 3.05) is 14.1 Å². The minimum absolute atomic E-state index is 0.583. The van der Waals surface area contributed by atoms with Crippen LogP contribution in [-0.4, -0.2) is 14.1 Å². The van der Waals surface area contributed by atoms with Gasteiger partial charge in [-0.2, -0.15) is 0 Å². The van der Waals surface area contributed by atoms with Crippen molar-refractivity contribution < 1.29 is 0 Å². The van der Waals surface area contributed by atoms with Gasteiger partial charge in [0.25, 0.3) is 0 Å². The third-order valence-corrected chi connectivity index (χ3v) is 3.62. The van der Waals surface area contributed by atoms with Crippen LogP contribution in [0.2, 0.25) is 0 Å². The van der Waals surface area contributed by atoms with E-state index in [0.717, 1.165) is 11.8 Å². The summed E-state index contributed by atoms with van der Waals surface area (Å²) in [7, 11) is 3.75. The van der Waals surface area contributed by atoms with E-state index in [1.54, 1.807) is 0 Å². The standard InChI is InChI=1S/C11H24.C2H7N/c1-7-11(8-2,9(3)4)10(5)6;1-3-2/h9-10H,7-8H2,1-6H3;3H,1-2H3. The van der Waals surface area contributed by atoms with Crippen LogP contribution < -0.4 is 5.32 Å². The number of nitrogens with one attached hydrogen (secondary N) is 1. The summed E-state index contributed by atoms with van der Waals surface area (Å²) in [6.45, 7) is 14.1. The second-order valence-electron chi connectivity index (χ2n) is 4.75. The zero-order valence-corrected chi connectivity index (χ0v) is 11.6. The van der Waals surface area contributed by atoms with Crippen molar-refractivity contribution >= 4 is 0 Å². The Morgan fingerprint density at radius 3 is 1.07 bits per heavy atom. The molecule has 0 aliphatic carbocycles. The van der Waals surface area contributed by atoms with Gasteiger partial charge in [0.05, 0.1) is 0 Å². The van der Waals surface area contributed by atoms with E-state index in [0.29, 0.717) is 5.41 Å². The summed E-state index contributed by atoms with van der Waals surface area (Å²) in [5.41, 5.74) is 0.583. The Morgan fingerprint density at radius 1 is 0.857 bits per heavy atom. The highest BCUT2D eigenvalue weighted by Crippen LogP contribution is 2.41. The first-order valence-corrected chi connectivity index (χ1v) is 6.01. The van der Waals surface area contributed by atoms with Crippen molar-refractivity contribution in [1.29, 1.82) is 0 Å². The van der Waals surface area contributed by atoms with Crippen LogP contribution in [0.5, 0.6) is 0 Å². The lowest BCUT2D eigenvalue weighted by Gasteiger charge is -2.40. The molecule has 0 bridgehead atoms. The van der Waals surface area contributed by atoms with E-state index in [9.17, 15) is 0 Å². The quantitative estimate of drug-likeness (QED) is 0.726. The lowest BCUT2D eigenvalue weighted by Crippen LogP contribution is -2.31. The Morgan fingerprint density at radius 2 is 1.07 bits per heavy atom. The molecular formula is C13H31N. The molecule has 0 aromatic heterocycles. The summed E-state index contributed by atoms with van der Waals surface area (Å²) in [5, 5.41) is 2.75. The van der Waals surface area contributed by atoms with E-state index in [-0.39, 0.29) is 0 Å². The molecule has 0 radical (unpaired) electrons. The maximum Gasteiger partial charge on any atom is -0.0167 e. The molecule has 0 unspecified atom stereocenters. The topological polar surface area (TPSA) is 12.0 Å². The highest BCUT2D eigenvalue weighted by Gasteiger charge is 2.32. The van der Waals surface area contributed by atoms with Gasteiger partial charge in [0, 0.05) is 0 Å². The molecule has 14 heavy (non-hydrogen) atoms. The summed E-state index contributed by atoms with van der Waals surface area (Å²) in [4.78, 5) is 0. The molecule has 0 spiro atoms. The Hall–Kier alpha value is -0.0400. The van der Waals surface area contributed by atoms with Gasteiger partial charge in [-0.25, -0.2) is 0 Å². The van der Waals surface area contributed by atoms with Crippen LogP contribution in [0.1, 0.15) is 54.4 Å². The van der Waals surface area contributed by atoms with Crippen molar-refractivity contribution in [3.8, 4) is 0 Å². The van der Waals surface area contributed by atoms with Gasteiger partial charge in [-0.3, -0.25) is 0 Å². The van der Waals surface area contributed by atoms with E-state index >= 15 is 0 Å². The summed E-state index contributed by atoms with van der Waals surface area (Å²) in [6, 6.07) is 0. The smallest absolute Gasteiger partial charge is 0.0167 e. The van der Waals surface area contributed by atoms with Gasteiger partial charge >= 0.3 is 0 Å². The highest BCUT2D eigenvalue weighted by atomic mass is 14.7. The Balaban J connectivity index is 0. The van der Waals surface area contributed by atoms with Crippen LogP contribution in [0.25, 0.3) is 0 Å². The molecule has 1 heteroatoms. The molecule has 1 N–H and O–H groups in total. The molecule has 0 aromatic carbocycles. The average molecular weight is 201 g/mol. The molecule has 0 amide bonds. The number of hydrogen-bond donors (Lipinski definition) is 1. The molecular weight excluding hydrogens is 170 g/mol. The van der Waals surface area contributed by atoms with Crippen molar-refractivity contribution in [2.45, 2.75) is 54.4 Å². The van der Waals surface area contributed by atoms with Gasteiger partial charge in [0.2, 0.25) is 0 Å². The van der Waals surface area contributed by atoms with Crippen LogP contribution in [0.15, 0.2) is 0 Å². The first kappa shape index (κ1) is 16.4. The average Bonchev–Trinajstić information content (AvgIpc) is 2.07.